The molecule has 4 atom stereocenters. The van der Waals surface area contributed by atoms with Crippen molar-refractivity contribution in [1.82, 2.24) is 20.9 Å². The molecule has 0 aliphatic carbocycles. The standard InChI is InChI=1S/C24H34N4O8/c1-13(2)21(24(36)25-14(3)22(34)26-17(12-29)11-20(32)33)27-23(35)19(28(5)15(4)30)10-16-6-8-18(31)9-7-16/h6-9,12-14,17,19,21,31H,10-11H2,1-5H3,(H,25,36)(H,26,34)(H,27,35)(H,32,33)/t14-,17+,19+,21-/m0/s1. The molecule has 36 heavy (non-hydrogen) atoms. The normalized spacial score (nSPS) is 14.1. The highest BCUT2D eigenvalue weighted by atomic mass is 16.4. The van der Waals surface area contributed by atoms with Crippen molar-refractivity contribution in [2.45, 2.75) is 64.7 Å². The van der Waals surface area contributed by atoms with E-state index in [0.717, 1.165) is 0 Å². The zero-order valence-corrected chi connectivity index (χ0v) is 21.0. The summed E-state index contributed by atoms with van der Waals surface area (Å²) in [5.74, 6) is -4.00. The number of benzene rings is 1. The van der Waals surface area contributed by atoms with E-state index in [9.17, 15) is 33.9 Å². The van der Waals surface area contributed by atoms with Crippen LogP contribution in [0.3, 0.4) is 0 Å². The maximum absolute atomic E-state index is 13.2. The second-order valence-electron chi connectivity index (χ2n) is 8.83. The van der Waals surface area contributed by atoms with Gasteiger partial charge < -0.3 is 35.9 Å². The van der Waals surface area contributed by atoms with Crippen LogP contribution < -0.4 is 16.0 Å². The summed E-state index contributed by atoms with van der Waals surface area (Å²) in [5.41, 5.74) is 0.683. The van der Waals surface area contributed by atoms with Gasteiger partial charge in [-0.3, -0.25) is 24.0 Å². The van der Waals surface area contributed by atoms with Gasteiger partial charge in [-0.25, -0.2) is 0 Å². The maximum atomic E-state index is 13.2. The molecular weight excluding hydrogens is 472 g/mol. The number of hydrogen-bond donors (Lipinski definition) is 5. The van der Waals surface area contributed by atoms with Crippen molar-refractivity contribution in [3.63, 3.8) is 0 Å². The average molecular weight is 507 g/mol. The van der Waals surface area contributed by atoms with E-state index in [0.29, 0.717) is 5.56 Å². The minimum absolute atomic E-state index is 0.0526. The first-order valence-electron chi connectivity index (χ1n) is 11.4. The van der Waals surface area contributed by atoms with E-state index in [-0.39, 0.29) is 24.4 Å². The number of phenolic OH excluding ortho intramolecular Hbond substituents is 1. The van der Waals surface area contributed by atoms with E-state index in [1.807, 2.05) is 0 Å². The summed E-state index contributed by atoms with van der Waals surface area (Å²) >= 11 is 0. The van der Waals surface area contributed by atoms with Crippen LogP contribution >= 0.6 is 0 Å². The summed E-state index contributed by atoms with van der Waals surface area (Å²) in [6, 6.07) is 1.77. The number of rotatable bonds is 13. The molecule has 0 fully saturated rings. The predicted molar refractivity (Wildman–Crippen MR) is 129 cm³/mol. The van der Waals surface area contributed by atoms with Crippen LogP contribution in [0.15, 0.2) is 24.3 Å². The fourth-order valence-electron chi connectivity index (χ4n) is 3.26. The molecule has 12 heteroatoms. The highest BCUT2D eigenvalue weighted by molar-refractivity contribution is 5.94. The lowest BCUT2D eigenvalue weighted by Crippen LogP contribution is -2.58. The maximum Gasteiger partial charge on any atom is 0.305 e. The highest BCUT2D eigenvalue weighted by Crippen LogP contribution is 2.14. The van der Waals surface area contributed by atoms with Gasteiger partial charge in [0.05, 0.1) is 12.5 Å². The Morgan fingerprint density at radius 2 is 1.53 bits per heavy atom. The smallest absolute Gasteiger partial charge is 0.305 e. The fraction of sp³-hybridized carbons (Fsp3) is 0.500. The van der Waals surface area contributed by atoms with Gasteiger partial charge >= 0.3 is 5.97 Å². The van der Waals surface area contributed by atoms with Crippen LogP contribution in [0.4, 0.5) is 0 Å². The van der Waals surface area contributed by atoms with Crippen molar-refractivity contribution >= 4 is 35.9 Å². The number of aliphatic carboxylic acids is 1. The fourth-order valence-corrected chi connectivity index (χ4v) is 3.26. The van der Waals surface area contributed by atoms with Gasteiger partial charge in [0.25, 0.3) is 0 Å². The van der Waals surface area contributed by atoms with Gasteiger partial charge in [-0.2, -0.15) is 0 Å². The Bertz CT molecular complexity index is 963. The first-order valence-corrected chi connectivity index (χ1v) is 11.4. The molecule has 0 heterocycles. The molecule has 0 aliphatic rings. The topological polar surface area (TPSA) is 182 Å². The molecule has 0 bridgehead atoms. The number of carbonyl (C=O) groups excluding carboxylic acids is 5. The Balaban J connectivity index is 2.96. The van der Waals surface area contributed by atoms with Crippen LogP contribution in [-0.2, 0) is 35.2 Å². The SMILES string of the molecule is CC(=O)N(C)[C@H](Cc1ccc(O)cc1)C(=O)N[C@H](C(=O)N[C@@H](C)C(=O)N[C@@H](C=O)CC(=O)O)C(C)C. The first kappa shape index (κ1) is 30.1. The Morgan fingerprint density at radius 1 is 0.944 bits per heavy atom. The molecular formula is C24H34N4O8. The van der Waals surface area contributed by atoms with E-state index >= 15 is 0 Å². The summed E-state index contributed by atoms with van der Waals surface area (Å²) in [6.45, 7) is 6.04. The lowest BCUT2D eigenvalue weighted by Gasteiger charge is -2.30. The van der Waals surface area contributed by atoms with E-state index in [1.54, 1.807) is 26.0 Å². The van der Waals surface area contributed by atoms with Gasteiger partial charge in [0, 0.05) is 20.4 Å². The van der Waals surface area contributed by atoms with Crippen LogP contribution in [-0.4, -0.2) is 82.2 Å². The summed E-state index contributed by atoms with van der Waals surface area (Å²) < 4.78 is 0. The molecule has 0 unspecified atom stereocenters. The van der Waals surface area contributed by atoms with Gasteiger partial charge in [-0.05, 0) is 30.5 Å². The number of likely N-dealkylation sites (N-methyl/N-ethyl adjacent to an activating group) is 1. The minimum atomic E-state index is -1.27. The van der Waals surface area contributed by atoms with Crippen molar-refractivity contribution in [1.29, 1.82) is 0 Å². The number of nitrogens with one attached hydrogen (secondary N) is 3. The predicted octanol–water partition coefficient (Wildman–Crippen LogP) is -0.414. The number of carbonyl (C=O) groups is 6. The van der Waals surface area contributed by atoms with Gasteiger partial charge in [-0.1, -0.05) is 26.0 Å². The third kappa shape index (κ3) is 9.35. The van der Waals surface area contributed by atoms with Crippen molar-refractivity contribution in [2.24, 2.45) is 5.92 Å². The zero-order valence-electron chi connectivity index (χ0n) is 21.0. The number of amides is 4. The van der Waals surface area contributed by atoms with Crippen LogP contribution in [0.1, 0.15) is 39.7 Å². The van der Waals surface area contributed by atoms with Gasteiger partial charge in [-0.15, -0.1) is 0 Å². The second kappa shape index (κ2) is 13.8. The molecule has 0 aromatic heterocycles. The summed E-state index contributed by atoms with van der Waals surface area (Å²) in [6.07, 6.45) is -0.186. The molecule has 4 amide bonds. The average Bonchev–Trinajstić information content (AvgIpc) is 2.80. The van der Waals surface area contributed by atoms with E-state index < -0.39 is 60.2 Å². The third-order valence-electron chi connectivity index (χ3n) is 5.52. The molecule has 1 aromatic carbocycles. The van der Waals surface area contributed by atoms with Crippen LogP contribution in [0.25, 0.3) is 0 Å². The molecule has 1 rings (SSSR count). The van der Waals surface area contributed by atoms with Crippen molar-refractivity contribution in [3.8, 4) is 5.75 Å². The van der Waals surface area contributed by atoms with E-state index in [4.69, 9.17) is 5.11 Å². The molecule has 198 valence electrons. The van der Waals surface area contributed by atoms with E-state index in [2.05, 4.69) is 16.0 Å². The van der Waals surface area contributed by atoms with Crippen LogP contribution in [0.2, 0.25) is 0 Å². The van der Waals surface area contributed by atoms with Crippen LogP contribution in [0.5, 0.6) is 5.75 Å². The minimum Gasteiger partial charge on any atom is -0.508 e. The molecule has 0 spiro atoms. The van der Waals surface area contributed by atoms with Gasteiger partial charge in [0.1, 0.15) is 30.2 Å². The molecule has 0 aliphatic heterocycles. The summed E-state index contributed by atoms with van der Waals surface area (Å²) in [5, 5.41) is 25.6. The highest BCUT2D eigenvalue weighted by Gasteiger charge is 2.32. The zero-order chi connectivity index (χ0) is 27.6. The Labute approximate surface area is 209 Å². The summed E-state index contributed by atoms with van der Waals surface area (Å²) in [7, 11) is 1.46. The van der Waals surface area contributed by atoms with E-state index in [1.165, 1.54) is 37.9 Å². The van der Waals surface area contributed by atoms with Crippen molar-refractivity contribution in [3.05, 3.63) is 29.8 Å². The van der Waals surface area contributed by atoms with Crippen molar-refractivity contribution in [2.75, 3.05) is 7.05 Å². The quantitative estimate of drug-likeness (QED) is 0.224. The third-order valence-corrected chi connectivity index (χ3v) is 5.52. The Hall–Kier alpha value is -3.96. The number of aldehydes is 1. The second-order valence-corrected chi connectivity index (χ2v) is 8.83. The number of hydrogen-bond acceptors (Lipinski definition) is 7. The van der Waals surface area contributed by atoms with Crippen molar-refractivity contribution < 1.29 is 39.0 Å². The molecule has 0 saturated heterocycles. The monoisotopic (exact) mass is 506 g/mol. The van der Waals surface area contributed by atoms with Gasteiger partial charge in [0.2, 0.25) is 23.6 Å². The number of nitrogens with zero attached hydrogens (tertiary/aromatic N) is 1. The molecule has 1 aromatic rings. The molecule has 0 radical (unpaired) electrons. The first-order chi connectivity index (χ1) is 16.8. The number of aromatic hydroxyl groups is 1. The summed E-state index contributed by atoms with van der Waals surface area (Å²) in [4.78, 5) is 73.4. The number of carboxylic acids is 1. The lowest BCUT2D eigenvalue weighted by atomic mass is 10.00. The van der Waals surface area contributed by atoms with Gasteiger partial charge in [0.15, 0.2) is 0 Å². The molecule has 5 N–H and O–H groups in total. The Kier molecular flexibility index (Phi) is 11.5. The molecule has 0 saturated carbocycles. The number of phenols is 1. The Morgan fingerprint density at radius 3 is 2.00 bits per heavy atom. The number of carboxylic acid groups (broad SMARTS) is 1. The largest absolute Gasteiger partial charge is 0.508 e. The lowest BCUT2D eigenvalue weighted by molar-refractivity contribution is -0.140. The molecule has 12 nitrogen and oxygen atoms in total. The van der Waals surface area contributed by atoms with Crippen LogP contribution in [0, 0.1) is 5.92 Å².